The molecule has 0 aliphatic carbocycles. The minimum Gasteiger partial charge on any atom is -0.506 e. The summed E-state index contributed by atoms with van der Waals surface area (Å²) >= 11 is 0. The van der Waals surface area contributed by atoms with Crippen molar-refractivity contribution in [3.63, 3.8) is 0 Å². The third-order valence-corrected chi connectivity index (χ3v) is 2.94. The van der Waals surface area contributed by atoms with Crippen LogP contribution in [0.2, 0.25) is 0 Å². The number of benzene rings is 1. The Morgan fingerprint density at radius 2 is 2.00 bits per heavy atom. The van der Waals surface area contributed by atoms with Gasteiger partial charge in [-0.25, -0.2) is 0 Å². The van der Waals surface area contributed by atoms with Crippen molar-refractivity contribution in [1.29, 1.82) is 0 Å². The van der Waals surface area contributed by atoms with Crippen molar-refractivity contribution in [3.8, 4) is 5.75 Å². The van der Waals surface area contributed by atoms with E-state index in [1.54, 1.807) is 19.1 Å². The lowest BCUT2D eigenvalue weighted by atomic mass is 10.1. The number of pyridine rings is 1. The lowest BCUT2D eigenvalue weighted by molar-refractivity contribution is -0.137. The quantitative estimate of drug-likeness (QED) is 0.855. The average Bonchev–Trinajstić information content (AvgIpc) is 2.42. The maximum Gasteiger partial charge on any atom is 0.416 e. The van der Waals surface area contributed by atoms with Gasteiger partial charge < -0.3 is 10.4 Å². The van der Waals surface area contributed by atoms with Gasteiger partial charge in [0.2, 0.25) is 5.91 Å². The van der Waals surface area contributed by atoms with Crippen molar-refractivity contribution < 1.29 is 23.1 Å². The molecule has 7 heteroatoms. The molecule has 2 rings (SSSR count). The molecule has 0 saturated heterocycles. The van der Waals surface area contributed by atoms with Gasteiger partial charge in [-0.05, 0) is 36.8 Å². The van der Waals surface area contributed by atoms with Crippen molar-refractivity contribution >= 4 is 11.6 Å². The third-order valence-electron chi connectivity index (χ3n) is 2.94. The van der Waals surface area contributed by atoms with E-state index in [-0.39, 0.29) is 12.1 Å². The van der Waals surface area contributed by atoms with Crippen LogP contribution < -0.4 is 5.32 Å². The molecule has 0 atom stereocenters. The van der Waals surface area contributed by atoms with Gasteiger partial charge in [0.1, 0.15) is 5.75 Å². The molecule has 1 aromatic carbocycles. The lowest BCUT2D eigenvalue weighted by Gasteiger charge is -2.11. The summed E-state index contributed by atoms with van der Waals surface area (Å²) in [5.74, 6) is -0.969. The molecule has 0 bridgehead atoms. The van der Waals surface area contributed by atoms with Crippen LogP contribution in [-0.4, -0.2) is 16.0 Å². The highest BCUT2D eigenvalue weighted by Crippen LogP contribution is 2.34. The topological polar surface area (TPSA) is 62.2 Å². The van der Waals surface area contributed by atoms with E-state index in [1.807, 2.05) is 0 Å². The molecule has 0 aliphatic rings. The zero-order chi connectivity index (χ0) is 16.3. The number of aromatic nitrogens is 1. The highest BCUT2D eigenvalue weighted by atomic mass is 19.4. The van der Waals surface area contributed by atoms with Crippen LogP contribution in [0.3, 0.4) is 0 Å². The van der Waals surface area contributed by atoms with Crippen molar-refractivity contribution in [1.82, 2.24) is 4.98 Å². The third kappa shape index (κ3) is 3.97. The smallest absolute Gasteiger partial charge is 0.416 e. The SMILES string of the molecule is Cc1ccc(CC(=O)Nc2cc(C(F)(F)F)ccc2O)cn1. The zero-order valence-electron chi connectivity index (χ0n) is 11.6. The van der Waals surface area contributed by atoms with E-state index in [9.17, 15) is 23.1 Å². The molecule has 4 nitrogen and oxygen atoms in total. The van der Waals surface area contributed by atoms with E-state index in [0.717, 1.165) is 17.8 Å². The number of halogens is 3. The van der Waals surface area contributed by atoms with Crippen LogP contribution in [0, 0.1) is 6.92 Å². The highest BCUT2D eigenvalue weighted by Gasteiger charge is 2.31. The molecule has 1 amide bonds. The Bertz CT molecular complexity index is 682. The second-order valence-corrected chi connectivity index (χ2v) is 4.76. The number of amides is 1. The van der Waals surface area contributed by atoms with Crippen LogP contribution in [0.25, 0.3) is 0 Å². The molecule has 22 heavy (non-hydrogen) atoms. The number of carbonyl (C=O) groups is 1. The molecular weight excluding hydrogens is 297 g/mol. The average molecular weight is 310 g/mol. The number of hydrogen-bond acceptors (Lipinski definition) is 3. The van der Waals surface area contributed by atoms with Gasteiger partial charge in [-0.15, -0.1) is 0 Å². The number of alkyl halides is 3. The normalized spacial score (nSPS) is 11.3. The Labute approximate surface area is 124 Å². The van der Waals surface area contributed by atoms with Crippen LogP contribution >= 0.6 is 0 Å². The summed E-state index contributed by atoms with van der Waals surface area (Å²) in [4.78, 5) is 15.9. The van der Waals surface area contributed by atoms with Gasteiger partial charge in [0, 0.05) is 11.9 Å². The van der Waals surface area contributed by atoms with Gasteiger partial charge in [0.25, 0.3) is 0 Å². The lowest BCUT2D eigenvalue weighted by Crippen LogP contribution is -2.15. The van der Waals surface area contributed by atoms with E-state index in [1.165, 1.54) is 6.20 Å². The Balaban J connectivity index is 2.12. The molecule has 1 heterocycles. The number of phenolic OH excluding ortho intramolecular Hbond substituents is 1. The number of hydrogen-bond donors (Lipinski definition) is 2. The summed E-state index contributed by atoms with van der Waals surface area (Å²) in [7, 11) is 0. The molecule has 116 valence electrons. The number of aromatic hydroxyl groups is 1. The maximum atomic E-state index is 12.6. The summed E-state index contributed by atoms with van der Waals surface area (Å²) in [6.45, 7) is 1.80. The number of nitrogens with one attached hydrogen (secondary N) is 1. The number of aryl methyl sites for hydroxylation is 1. The van der Waals surface area contributed by atoms with Gasteiger partial charge in [0.05, 0.1) is 17.7 Å². The Hall–Kier alpha value is -2.57. The van der Waals surface area contributed by atoms with Gasteiger partial charge >= 0.3 is 6.18 Å². The largest absolute Gasteiger partial charge is 0.506 e. The number of phenols is 1. The van der Waals surface area contributed by atoms with Crippen molar-refractivity contribution in [2.75, 3.05) is 5.32 Å². The summed E-state index contributed by atoms with van der Waals surface area (Å²) < 4.78 is 37.9. The summed E-state index contributed by atoms with van der Waals surface area (Å²) in [6, 6.07) is 5.76. The van der Waals surface area contributed by atoms with E-state index in [2.05, 4.69) is 10.3 Å². The van der Waals surface area contributed by atoms with Gasteiger partial charge in [-0.1, -0.05) is 6.07 Å². The first-order valence-electron chi connectivity index (χ1n) is 6.37. The fourth-order valence-electron chi connectivity index (χ4n) is 1.80. The monoisotopic (exact) mass is 310 g/mol. The summed E-state index contributed by atoms with van der Waals surface area (Å²) in [5.41, 5.74) is 0.187. The fourth-order valence-corrected chi connectivity index (χ4v) is 1.80. The molecule has 2 N–H and O–H groups in total. The zero-order valence-corrected chi connectivity index (χ0v) is 11.6. The van der Waals surface area contributed by atoms with E-state index >= 15 is 0 Å². The summed E-state index contributed by atoms with van der Waals surface area (Å²) in [5, 5.41) is 11.8. The van der Waals surface area contributed by atoms with Gasteiger partial charge in [0.15, 0.2) is 0 Å². The van der Waals surface area contributed by atoms with E-state index in [4.69, 9.17) is 0 Å². The Morgan fingerprint density at radius 3 is 2.59 bits per heavy atom. The van der Waals surface area contributed by atoms with Crippen LogP contribution in [-0.2, 0) is 17.4 Å². The van der Waals surface area contributed by atoms with Crippen LogP contribution in [0.4, 0.5) is 18.9 Å². The Kier molecular flexibility index (Phi) is 4.35. The minimum absolute atomic E-state index is 0.0526. The summed E-state index contributed by atoms with van der Waals surface area (Å²) in [6.07, 6.45) is -3.09. The maximum absolute atomic E-state index is 12.6. The minimum atomic E-state index is -4.55. The van der Waals surface area contributed by atoms with Crippen molar-refractivity contribution in [2.24, 2.45) is 0 Å². The number of carbonyl (C=O) groups excluding carboxylic acids is 1. The van der Waals surface area contributed by atoms with Crippen molar-refractivity contribution in [2.45, 2.75) is 19.5 Å². The molecular formula is C15H13F3N2O2. The fraction of sp³-hybridized carbons (Fsp3) is 0.200. The van der Waals surface area contributed by atoms with Crippen LogP contribution in [0.5, 0.6) is 5.75 Å². The van der Waals surface area contributed by atoms with Crippen molar-refractivity contribution in [3.05, 3.63) is 53.3 Å². The second-order valence-electron chi connectivity index (χ2n) is 4.76. The molecule has 0 saturated carbocycles. The number of nitrogens with zero attached hydrogens (tertiary/aromatic N) is 1. The van der Waals surface area contributed by atoms with E-state index < -0.39 is 23.4 Å². The predicted molar refractivity (Wildman–Crippen MR) is 74.4 cm³/mol. The molecule has 0 unspecified atom stereocenters. The van der Waals surface area contributed by atoms with E-state index in [0.29, 0.717) is 11.6 Å². The predicted octanol–water partition coefficient (Wildman–Crippen LogP) is 3.30. The van der Waals surface area contributed by atoms with Crippen LogP contribution in [0.1, 0.15) is 16.8 Å². The molecule has 0 radical (unpaired) electrons. The van der Waals surface area contributed by atoms with Gasteiger partial charge in [-0.2, -0.15) is 13.2 Å². The van der Waals surface area contributed by atoms with Gasteiger partial charge in [-0.3, -0.25) is 9.78 Å². The standard InChI is InChI=1S/C15H13F3N2O2/c1-9-2-3-10(8-19-9)6-14(22)20-12-7-11(15(16,17)18)4-5-13(12)21/h2-5,7-8,21H,6H2,1H3,(H,20,22). The highest BCUT2D eigenvalue weighted by molar-refractivity contribution is 5.93. The molecule has 0 spiro atoms. The first-order valence-corrected chi connectivity index (χ1v) is 6.37. The Morgan fingerprint density at radius 1 is 1.27 bits per heavy atom. The number of anilines is 1. The first-order chi connectivity index (χ1) is 10.3. The molecule has 1 aromatic heterocycles. The molecule has 2 aromatic rings. The molecule has 0 fully saturated rings. The molecule has 0 aliphatic heterocycles. The van der Waals surface area contributed by atoms with Crippen LogP contribution in [0.15, 0.2) is 36.5 Å². The number of rotatable bonds is 3. The first kappa shape index (κ1) is 15.8. The second kappa shape index (κ2) is 6.05.